The topological polar surface area (TPSA) is 68.5 Å². The molecule has 1 N–H and O–H groups in total. The quantitative estimate of drug-likeness (QED) is 0.708. The third-order valence-corrected chi connectivity index (χ3v) is 4.19. The fourth-order valence-corrected chi connectivity index (χ4v) is 3.01. The number of fused-ring (bicyclic) bond motifs is 1. The van der Waals surface area contributed by atoms with Gasteiger partial charge in [0.05, 0.1) is 4.88 Å². The van der Waals surface area contributed by atoms with E-state index in [0.717, 1.165) is 21.8 Å². The smallest absolute Gasteiger partial charge is 0.271 e. The Kier molecular flexibility index (Phi) is 4.45. The zero-order valence-corrected chi connectivity index (χ0v) is 13.0. The van der Waals surface area contributed by atoms with Crippen molar-refractivity contribution in [3.05, 3.63) is 42.6 Å². The molecule has 0 spiro atoms. The maximum atomic E-state index is 12.0. The minimum Gasteiger partial charge on any atom is -0.385 e. The molecule has 0 bridgehead atoms. The van der Waals surface area contributed by atoms with Crippen LogP contribution < -0.4 is 5.32 Å². The summed E-state index contributed by atoms with van der Waals surface area (Å²) in [7, 11) is 1.64. The van der Waals surface area contributed by atoms with Gasteiger partial charge in [-0.1, -0.05) is 17.4 Å². The van der Waals surface area contributed by atoms with E-state index >= 15 is 0 Å². The average molecular weight is 316 g/mol. The van der Waals surface area contributed by atoms with Gasteiger partial charge in [-0.25, -0.2) is 4.98 Å². The molecule has 3 aromatic heterocycles. The molecule has 1 amide bonds. The van der Waals surface area contributed by atoms with Crippen molar-refractivity contribution in [3.63, 3.8) is 0 Å². The SMILES string of the molecule is COCCCNC(=O)c1cn2cc(-c3cccnc3)sc2n1. The molecule has 3 heterocycles. The monoisotopic (exact) mass is 316 g/mol. The van der Waals surface area contributed by atoms with Crippen molar-refractivity contribution in [1.82, 2.24) is 19.7 Å². The van der Waals surface area contributed by atoms with Crippen molar-refractivity contribution < 1.29 is 9.53 Å². The predicted octanol–water partition coefficient (Wildman–Crippen LogP) is 2.22. The van der Waals surface area contributed by atoms with Crippen molar-refractivity contribution in [2.75, 3.05) is 20.3 Å². The number of hydrogen-bond acceptors (Lipinski definition) is 5. The highest BCUT2D eigenvalue weighted by atomic mass is 32.1. The Morgan fingerprint density at radius 2 is 2.36 bits per heavy atom. The van der Waals surface area contributed by atoms with E-state index in [2.05, 4.69) is 15.3 Å². The van der Waals surface area contributed by atoms with E-state index in [0.29, 0.717) is 18.8 Å². The Hall–Kier alpha value is -2.25. The van der Waals surface area contributed by atoms with Crippen LogP contribution in [-0.2, 0) is 4.74 Å². The highest BCUT2D eigenvalue weighted by molar-refractivity contribution is 7.20. The van der Waals surface area contributed by atoms with Crippen molar-refractivity contribution in [1.29, 1.82) is 0 Å². The third kappa shape index (κ3) is 3.15. The summed E-state index contributed by atoms with van der Waals surface area (Å²) in [6, 6.07) is 3.90. The maximum Gasteiger partial charge on any atom is 0.271 e. The number of thiazole rings is 1. The Labute approximate surface area is 131 Å². The standard InChI is InChI=1S/C15H16N4O2S/c1-21-7-3-6-17-14(20)12-9-19-10-13(22-15(19)18-12)11-4-2-5-16-8-11/h2,4-5,8-10H,3,6-7H2,1H3,(H,17,20). The van der Waals surface area contributed by atoms with E-state index in [1.165, 1.54) is 11.3 Å². The van der Waals surface area contributed by atoms with Crippen molar-refractivity contribution in [2.45, 2.75) is 6.42 Å². The number of rotatable bonds is 6. The first-order chi connectivity index (χ1) is 10.8. The number of methoxy groups -OCH3 is 1. The third-order valence-electron chi connectivity index (χ3n) is 3.15. The zero-order valence-electron chi connectivity index (χ0n) is 12.2. The van der Waals surface area contributed by atoms with E-state index in [1.807, 2.05) is 28.9 Å². The Bertz CT molecular complexity index is 735. The highest BCUT2D eigenvalue weighted by Crippen LogP contribution is 2.27. The van der Waals surface area contributed by atoms with Gasteiger partial charge in [0.2, 0.25) is 0 Å². The van der Waals surface area contributed by atoms with Gasteiger partial charge in [0.1, 0.15) is 5.69 Å². The first-order valence-electron chi connectivity index (χ1n) is 6.94. The number of nitrogens with zero attached hydrogens (tertiary/aromatic N) is 3. The molecule has 3 rings (SSSR count). The second kappa shape index (κ2) is 6.67. The minimum atomic E-state index is -0.157. The lowest BCUT2D eigenvalue weighted by Crippen LogP contribution is -2.25. The Morgan fingerprint density at radius 3 is 3.09 bits per heavy atom. The number of hydrogen-bond donors (Lipinski definition) is 1. The molecule has 6 nitrogen and oxygen atoms in total. The summed E-state index contributed by atoms with van der Waals surface area (Å²) in [6.45, 7) is 1.21. The van der Waals surface area contributed by atoms with E-state index in [-0.39, 0.29) is 5.91 Å². The summed E-state index contributed by atoms with van der Waals surface area (Å²) < 4.78 is 6.82. The molecule has 0 saturated heterocycles. The molecule has 22 heavy (non-hydrogen) atoms. The number of pyridine rings is 1. The fourth-order valence-electron chi connectivity index (χ4n) is 2.06. The summed E-state index contributed by atoms with van der Waals surface area (Å²) in [5.41, 5.74) is 1.48. The molecule has 7 heteroatoms. The van der Waals surface area contributed by atoms with Crippen LogP contribution in [0.3, 0.4) is 0 Å². The Morgan fingerprint density at radius 1 is 1.45 bits per heavy atom. The highest BCUT2D eigenvalue weighted by Gasteiger charge is 2.13. The molecular weight excluding hydrogens is 300 g/mol. The molecule has 0 aliphatic heterocycles. The number of carbonyl (C=O) groups excluding carboxylic acids is 1. The predicted molar refractivity (Wildman–Crippen MR) is 85.1 cm³/mol. The van der Waals surface area contributed by atoms with Gasteiger partial charge in [0.15, 0.2) is 4.96 Å². The van der Waals surface area contributed by atoms with E-state index in [1.54, 1.807) is 19.5 Å². The van der Waals surface area contributed by atoms with Gasteiger partial charge in [-0.3, -0.25) is 14.2 Å². The van der Waals surface area contributed by atoms with Crippen LogP contribution in [-0.4, -0.2) is 40.5 Å². The fraction of sp³-hybridized carbons (Fsp3) is 0.267. The molecule has 0 aliphatic carbocycles. The molecule has 0 atom stereocenters. The molecule has 0 unspecified atom stereocenters. The first kappa shape index (κ1) is 14.7. The molecule has 114 valence electrons. The summed E-state index contributed by atoms with van der Waals surface area (Å²) in [5, 5.41) is 2.83. The summed E-state index contributed by atoms with van der Waals surface area (Å²) >= 11 is 1.53. The van der Waals surface area contributed by atoms with Gasteiger partial charge in [-0.15, -0.1) is 0 Å². The van der Waals surface area contributed by atoms with Gasteiger partial charge < -0.3 is 10.1 Å². The Balaban J connectivity index is 1.72. The molecule has 0 saturated carbocycles. The lowest BCUT2D eigenvalue weighted by molar-refractivity contribution is 0.0944. The van der Waals surface area contributed by atoms with Crippen LogP contribution in [0, 0.1) is 0 Å². The molecule has 0 fully saturated rings. The van der Waals surface area contributed by atoms with E-state index < -0.39 is 0 Å². The lowest BCUT2D eigenvalue weighted by Gasteiger charge is -2.01. The average Bonchev–Trinajstić information content (AvgIpc) is 3.11. The normalized spacial score (nSPS) is 11.0. The van der Waals surface area contributed by atoms with Crippen molar-refractivity contribution in [2.24, 2.45) is 0 Å². The first-order valence-corrected chi connectivity index (χ1v) is 7.75. The minimum absolute atomic E-state index is 0.157. The van der Waals surface area contributed by atoms with E-state index in [4.69, 9.17) is 4.74 Å². The van der Waals surface area contributed by atoms with Gasteiger partial charge in [0.25, 0.3) is 5.91 Å². The van der Waals surface area contributed by atoms with Crippen LogP contribution in [0.5, 0.6) is 0 Å². The summed E-state index contributed by atoms with van der Waals surface area (Å²) in [5.74, 6) is -0.157. The van der Waals surface area contributed by atoms with Crippen molar-refractivity contribution >= 4 is 22.2 Å². The second-order valence-electron chi connectivity index (χ2n) is 4.76. The second-order valence-corrected chi connectivity index (χ2v) is 5.76. The van der Waals surface area contributed by atoms with Crippen LogP contribution in [0.15, 0.2) is 36.9 Å². The summed E-state index contributed by atoms with van der Waals surface area (Å²) in [4.78, 5) is 22.3. The number of aromatic nitrogens is 3. The number of nitrogens with one attached hydrogen (secondary N) is 1. The van der Waals surface area contributed by atoms with Gasteiger partial charge in [-0.2, -0.15) is 0 Å². The van der Waals surface area contributed by atoms with Crippen LogP contribution in [0.25, 0.3) is 15.4 Å². The largest absolute Gasteiger partial charge is 0.385 e. The number of amides is 1. The number of ether oxygens (including phenoxy) is 1. The molecule has 0 radical (unpaired) electrons. The van der Waals surface area contributed by atoms with E-state index in [9.17, 15) is 4.79 Å². The zero-order chi connectivity index (χ0) is 15.4. The van der Waals surface area contributed by atoms with Crippen LogP contribution in [0.4, 0.5) is 0 Å². The maximum absolute atomic E-state index is 12.0. The molecule has 0 aliphatic rings. The number of carbonyl (C=O) groups is 1. The van der Waals surface area contributed by atoms with Crippen LogP contribution in [0.1, 0.15) is 16.9 Å². The van der Waals surface area contributed by atoms with Gasteiger partial charge >= 0.3 is 0 Å². The van der Waals surface area contributed by atoms with Gasteiger partial charge in [0, 0.05) is 50.6 Å². The van der Waals surface area contributed by atoms with Crippen molar-refractivity contribution in [3.8, 4) is 10.4 Å². The van der Waals surface area contributed by atoms with Gasteiger partial charge in [-0.05, 0) is 12.5 Å². The van der Waals surface area contributed by atoms with Crippen LogP contribution >= 0.6 is 11.3 Å². The summed E-state index contributed by atoms with van der Waals surface area (Å²) in [6.07, 6.45) is 8.06. The lowest BCUT2D eigenvalue weighted by atomic mass is 10.2. The number of imidazole rings is 1. The molecule has 3 aromatic rings. The van der Waals surface area contributed by atoms with Crippen LogP contribution in [0.2, 0.25) is 0 Å². The molecule has 0 aromatic carbocycles. The molecular formula is C15H16N4O2S.